The predicted octanol–water partition coefficient (Wildman–Crippen LogP) is 0.0932. The molecule has 1 saturated carbocycles. The maximum atomic E-state index is 11.8. The zero-order chi connectivity index (χ0) is 11.6. The summed E-state index contributed by atoms with van der Waals surface area (Å²) in [6, 6.07) is -1.03. The summed E-state index contributed by atoms with van der Waals surface area (Å²) in [7, 11) is 0. The Balaban J connectivity index is 2.64. The number of carbonyl (C=O) groups is 2. The standard InChI is InChI=1S/C10H18N2O3/c1-6(8(13)14)12-9(15)10(2)5-3-4-7(10)11/h6-7H,3-5,11H2,1-2H3,(H,12,15)(H,13,14)/t6-,7?,10?/m1/s1. The molecule has 15 heavy (non-hydrogen) atoms. The van der Waals surface area contributed by atoms with Crippen molar-refractivity contribution in [3.8, 4) is 0 Å². The van der Waals surface area contributed by atoms with Crippen LogP contribution in [0.25, 0.3) is 0 Å². The van der Waals surface area contributed by atoms with Gasteiger partial charge in [0.15, 0.2) is 0 Å². The molecule has 1 aliphatic carbocycles. The summed E-state index contributed by atoms with van der Waals surface area (Å²) in [5.41, 5.74) is 5.25. The first-order chi connectivity index (χ1) is 6.88. The number of hydrogen-bond acceptors (Lipinski definition) is 3. The van der Waals surface area contributed by atoms with E-state index in [0.717, 1.165) is 19.3 Å². The van der Waals surface area contributed by atoms with Crippen LogP contribution < -0.4 is 11.1 Å². The highest BCUT2D eigenvalue weighted by Gasteiger charge is 2.43. The molecule has 1 fully saturated rings. The summed E-state index contributed by atoms with van der Waals surface area (Å²) in [4.78, 5) is 22.4. The second-order valence-corrected chi connectivity index (χ2v) is 4.45. The average molecular weight is 214 g/mol. The van der Waals surface area contributed by atoms with Crippen molar-refractivity contribution >= 4 is 11.9 Å². The quantitative estimate of drug-likeness (QED) is 0.621. The number of nitrogens with one attached hydrogen (secondary N) is 1. The van der Waals surface area contributed by atoms with Crippen molar-refractivity contribution in [2.75, 3.05) is 0 Å². The molecule has 0 spiro atoms. The van der Waals surface area contributed by atoms with Crippen molar-refractivity contribution in [2.45, 2.75) is 45.2 Å². The van der Waals surface area contributed by atoms with Gasteiger partial charge in [0.25, 0.3) is 0 Å². The highest BCUT2D eigenvalue weighted by Crippen LogP contribution is 2.36. The lowest BCUT2D eigenvalue weighted by Crippen LogP contribution is -2.51. The molecule has 4 N–H and O–H groups in total. The molecule has 2 unspecified atom stereocenters. The lowest BCUT2D eigenvalue weighted by atomic mass is 9.84. The number of carboxylic acids is 1. The van der Waals surface area contributed by atoms with Crippen LogP contribution in [0, 0.1) is 5.41 Å². The normalized spacial score (nSPS) is 32.3. The fourth-order valence-electron chi connectivity index (χ4n) is 1.90. The molecule has 3 atom stereocenters. The van der Waals surface area contributed by atoms with Gasteiger partial charge in [0, 0.05) is 6.04 Å². The van der Waals surface area contributed by atoms with Crippen molar-refractivity contribution in [2.24, 2.45) is 11.1 Å². The first-order valence-electron chi connectivity index (χ1n) is 5.17. The first kappa shape index (κ1) is 12.0. The third-order valence-corrected chi connectivity index (χ3v) is 3.27. The van der Waals surface area contributed by atoms with Gasteiger partial charge in [-0.2, -0.15) is 0 Å². The maximum Gasteiger partial charge on any atom is 0.325 e. The van der Waals surface area contributed by atoms with Crippen LogP contribution in [-0.2, 0) is 9.59 Å². The molecule has 0 heterocycles. The molecule has 1 rings (SSSR count). The zero-order valence-electron chi connectivity index (χ0n) is 9.12. The first-order valence-corrected chi connectivity index (χ1v) is 5.17. The number of hydrogen-bond donors (Lipinski definition) is 3. The van der Waals surface area contributed by atoms with Crippen LogP contribution in [0.3, 0.4) is 0 Å². The molecule has 1 amide bonds. The van der Waals surface area contributed by atoms with Gasteiger partial charge in [-0.15, -0.1) is 0 Å². The fraction of sp³-hybridized carbons (Fsp3) is 0.800. The van der Waals surface area contributed by atoms with Gasteiger partial charge in [-0.05, 0) is 26.7 Å². The van der Waals surface area contributed by atoms with Crippen LogP contribution in [0.2, 0.25) is 0 Å². The van der Waals surface area contributed by atoms with Crippen LogP contribution in [0.15, 0.2) is 0 Å². The van der Waals surface area contributed by atoms with Gasteiger partial charge < -0.3 is 16.2 Å². The molecule has 0 saturated heterocycles. The summed E-state index contributed by atoms with van der Waals surface area (Å²) in [6.45, 7) is 3.25. The summed E-state index contributed by atoms with van der Waals surface area (Å²) < 4.78 is 0. The van der Waals surface area contributed by atoms with E-state index in [9.17, 15) is 9.59 Å². The largest absolute Gasteiger partial charge is 0.480 e. The molecule has 0 radical (unpaired) electrons. The van der Waals surface area contributed by atoms with E-state index >= 15 is 0 Å². The minimum absolute atomic E-state index is 0.168. The van der Waals surface area contributed by atoms with Gasteiger partial charge in [-0.25, -0.2) is 0 Å². The van der Waals surface area contributed by atoms with Crippen molar-refractivity contribution in [3.63, 3.8) is 0 Å². The van der Waals surface area contributed by atoms with E-state index < -0.39 is 17.4 Å². The van der Waals surface area contributed by atoms with E-state index in [-0.39, 0.29) is 11.9 Å². The number of aliphatic carboxylic acids is 1. The zero-order valence-corrected chi connectivity index (χ0v) is 9.12. The van der Waals surface area contributed by atoms with Gasteiger partial charge in [-0.3, -0.25) is 9.59 Å². The van der Waals surface area contributed by atoms with Gasteiger partial charge in [-0.1, -0.05) is 6.42 Å². The molecule has 5 nitrogen and oxygen atoms in total. The molecule has 0 aromatic carbocycles. The Kier molecular flexibility index (Phi) is 3.34. The summed E-state index contributed by atoms with van der Waals surface area (Å²) in [5, 5.41) is 11.2. The lowest BCUT2D eigenvalue weighted by molar-refractivity contribution is -0.143. The highest BCUT2D eigenvalue weighted by molar-refractivity contribution is 5.87. The minimum Gasteiger partial charge on any atom is -0.480 e. The van der Waals surface area contributed by atoms with Gasteiger partial charge in [0.1, 0.15) is 6.04 Å². The van der Waals surface area contributed by atoms with Crippen molar-refractivity contribution in [3.05, 3.63) is 0 Å². The molecule has 5 heteroatoms. The van der Waals surface area contributed by atoms with Gasteiger partial charge in [0.05, 0.1) is 5.41 Å². The molecule has 0 aliphatic heterocycles. The lowest BCUT2D eigenvalue weighted by Gasteiger charge is -2.28. The van der Waals surface area contributed by atoms with E-state index in [1.54, 1.807) is 6.92 Å². The Morgan fingerprint density at radius 2 is 2.20 bits per heavy atom. The Morgan fingerprint density at radius 3 is 2.60 bits per heavy atom. The van der Waals surface area contributed by atoms with Gasteiger partial charge >= 0.3 is 5.97 Å². The number of carbonyl (C=O) groups excluding carboxylic acids is 1. The Hall–Kier alpha value is -1.10. The van der Waals surface area contributed by atoms with Crippen molar-refractivity contribution < 1.29 is 14.7 Å². The van der Waals surface area contributed by atoms with Crippen LogP contribution >= 0.6 is 0 Å². The number of rotatable bonds is 3. The SMILES string of the molecule is C[C@@H](NC(=O)C1(C)CCCC1N)C(=O)O. The molecule has 86 valence electrons. The second-order valence-electron chi connectivity index (χ2n) is 4.45. The summed E-state index contributed by atoms with van der Waals surface area (Å²) in [5.74, 6) is -1.28. The van der Waals surface area contributed by atoms with E-state index in [0.29, 0.717) is 0 Å². The van der Waals surface area contributed by atoms with Crippen molar-refractivity contribution in [1.82, 2.24) is 5.32 Å². The third kappa shape index (κ3) is 2.28. The average Bonchev–Trinajstić information content (AvgIpc) is 2.48. The monoisotopic (exact) mass is 214 g/mol. The smallest absolute Gasteiger partial charge is 0.325 e. The molecule has 0 bridgehead atoms. The minimum atomic E-state index is -1.03. The fourth-order valence-corrected chi connectivity index (χ4v) is 1.90. The van der Waals surface area contributed by atoms with E-state index in [4.69, 9.17) is 10.8 Å². The molecule has 0 aromatic heterocycles. The highest BCUT2D eigenvalue weighted by atomic mass is 16.4. The number of carboxylic acid groups (broad SMARTS) is 1. The summed E-state index contributed by atoms with van der Waals surface area (Å²) >= 11 is 0. The van der Waals surface area contributed by atoms with Crippen LogP contribution in [0.4, 0.5) is 0 Å². The number of nitrogens with two attached hydrogens (primary N) is 1. The third-order valence-electron chi connectivity index (χ3n) is 3.27. The topological polar surface area (TPSA) is 92.4 Å². The number of amides is 1. The Labute approximate surface area is 89.0 Å². The van der Waals surface area contributed by atoms with Gasteiger partial charge in [0.2, 0.25) is 5.91 Å². The Bertz CT molecular complexity index is 280. The molecule has 1 aliphatic rings. The second kappa shape index (κ2) is 4.18. The predicted molar refractivity (Wildman–Crippen MR) is 55.2 cm³/mol. The maximum absolute atomic E-state index is 11.8. The summed E-state index contributed by atoms with van der Waals surface area (Å²) in [6.07, 6.45) is 2.48. The van der Waals surface area contributed by atoms with Crippen molar-refractivity contribution in [1.29, 1.82) is 0 Å². The van der Waals surface area contributed by atoms with Crippen LogP contribution in [-0.4, -0.2) is 29.1 Å². The molecular weight excluding hydrogens is 196 g/mol. The van der Waals surface area contributed by atoms with Crippen LogP contribution in [0.1, 0.15) is 33.1 Å². The molecule has 0 aromatic rings. The Morgan fingerprint density at radius 1 is 1.60 bits per heavy atom. The van der Waals surface area contributed by atoms with E-state index in [1.807, 2.05) is 0 Å². The van der Waals surface area contributed by atoms with E-state index in [1.165, 1.54) is 6.92 Å². The van der Waals surface area contributed by atoms with E-state index in [2.05, 4.69) is 5.32 Å². The van der Waals surface area contributed by atoms with Crippen LogP contribution in [0.5, 0.6) is 0 Å². The molecular formula is C10H18N2O3.